The van der Waals surface area contributed by atoms with Gasteiger partial charge in [-0.25, -0.2) is 0 Å². The molecular weight excluding hydrogens is 366 g/mol. The van der Waals surface area contributed by atoms with Crippen molar-refractivity contribution >= 4 is 11.8 Å². The van der Waals surface area contributed by atoms with Crippen LogP contribution in [0.1, 0.15) is 30.9 Å². The van der Waals surface area contributed by atoms with E-state index in [1.807, 2.05) is 30.3 Å². The van der Waals surface area contributed by atoms with Crippen molar-refractivity contribution < 1.29 is 4.74 Å². The Labute approximate surface area is 171 Å². The molecule has 0 amide bonds. The predicted molar refractivity (Wildman–Crippen MR) is 117 cm³/mol. The molecular formula is C23H27N3OS. The first-order chi connectivity index (χ1) is 13.7. The first kappa shape index (κ1) is 20.2. The summed E-state index contributed by atoms with van der Waals surface area (Å²) in [6.45, 7) is 9.58. The fraction of sp³-hybridized carbons (Fsp3) is 0.304. The van der Waals surface area contributed by atoms with Gasteiger partial charge < -0.3 is 4.74 Å². The highest BCUT2D eigenvalue weighted by molar-refractivity contribution is 7.98. The lowest BCUT2D eigenvalue weighted by atomic mass is 10.2. The molecule has 0 aliphatic heterocycles. The number of hydrogen-bond acceptors (Lipinski definition) is 4. The first-order valence-corrected chi connectivity index (χ1v) is 10.7. The van der Waals surface area contributed by atoms with E-state index in [4.69, 9.17) is 4.74 Å². The molecule has 0 saturated heterocycles. The second kappa shape index (κ2) is 10.1. The van der Waals surface area contributed by atoms with Crippen molar-refractivity contribution in [1.82, 2.24) is 14.8 Å². The van der Waals surface area contributed by atoms with Crippen LogP contribution >= 0.6 is 11.8 Å². The molecule has 0 saturated carbocycles. The van der Waals surface area contributed by atoms with Crippen LogP contribution in [0.2, 0.25) is 0 Å². The minimum atomic E-state index is 0.674. The molecule has 0 fully saturated rings. The Hall–Kier alpha value is -2.53. The van der Waals surface area contributed by atoms with Crippen molar-refractivity contribution in [2.24, 2.45) is 0 Å². The van der Waals surface area contributed by atoms with E-state index in [1.54, 1.807) is 11.8 Å². The van der Waals surface area contributed by atoms with E-state index in [-0.39, 0.29) is 0 Å². The predicted octanol–water partition coefficient (Wildman–Crippen LogP) is 5.91. The fourth-order valence-corrected chi connectivity index (χ4v) is 3.67. The number of thioether (sulfide) groups is 1. The van der Waals surface area contributed by atoms with Gasteiger partial charge >= 0.3 is 0 Å². The number of aromatic nitrogens is 3. The average molecular weight is 394 g/mol. The maximum atomic E-state index is 5.75. The van der Waals surface area contributed by atoms with Crippen LogP contribution in [0.4, 0.5) is 0 Å². The van der Waals surface area contributed by atoms with Crippen LogP contribution < -0.4 is 4.74 Å². The van der Waals surface area contributed by atoms with E-state index < -0.39 is 0 Å². The van der Waals surface area contributed by atoms with E-state index in [0.717, 1.165) is 47.5 Å². The largest absolute Gasteiger partial charge is 0.494 e. The second-order valence-corrected chi connectivity index (χ2v) is 7.65. The molecule has 3 rings (SSSR count). The zero-order chi connectivity index (χ0) is 19.8. The minimum absolute atomic E-state index is 0.674. The SMILES string of the molecule is C=CCn1c(SCc2ccc(C)cc2)nnc1-c1ccc(OCCCC)cc1. The topological polar surface area (TPSA) is 39.9 Å². The molecule has 0 spiro atoms. The molecule has 2 aromatic carbocycles. The monoisotopic (exact) mass is 393 g/mol. The molecule has 28 heavy (non-hydrogen) atoms. The Morgan fingerprint density at radius 3 is 2.50 bits per heavy atom. The molecule has 1 heterocycles. The Morgan fingerprint density at radius 2 is 1.82 bits per heavy atom. The minimum Gasteiger partial charge on any atom is -0.494 e. The van der Waals surface area contributed by atoms with Crippen LogP contribution in [-0.4, -0.2) is 21.4 Å². The summed E-state index contributed by atoms with van der Waals surface area (Å²) in [7, 11) is 0. The van der Waals surface area contributed by atoms with Gasteiger partial charge in [-0.3, -0.25) is 4.57 Å². The maximum absolute atomic E-state index is 5.75. The number of rotatable bonds is 10. The van der Waals surface area contributed by atoms with Gasteiger partial charge in [0.1, 0.15) is 5.75 Å². The van der Waals surface area contributed by atoms with E-state index >= 15 is 0 Å². The van der Waals surface area contributed by atoms with E-state index in [0.29, 0.717) is 6.54 Å². The molecule has 0 radical (unpaired) electrons. The quantitative estimate of drug-likeness (QED) is 0.244. The smallest absolute Gasteiger partial charge is 0.192 e. The van der Waals surface area contributed by atoms with Gasteiger partial charge in [-0.15, -0.1) is 16.8 Å². The molecule has 0 bridgehead atoms. The van der Waals surface area contributed by atoms with E-state index in [2.05, 4.69) is 59.5 Å². The molecule has 146 valence electrons. The number of unbranched alkanes of at least 4 members (excludes halogenated alkanes) is 1. The Balaban J connectivity index is 1.74. The number of ether oxygens (including phenoxy) is 1. The van der Waals surface area contributed by atoms with Crippen molar-refractivity contribution in [2.45, 2.75) is 44.1 Å². The van der Waals surface area contributed by atoms with Crippen molar-refractivity contribution in [2.75, 3.05) is 6.61 Å². The lowest BCUT2D eigenvalue weighted by Gasteiger charge is -2.09. The molecule has 5 heteroatoms. The lowest BCUT2D eigenvalue weighted by Crippen LogP contribution is -2.01. The zero-order valence-corrected chi connectivity index (χ0v) is 17.4. The summed E-state index contributed by atoms with van der Waals surface area (Å²) in [6, 6.07) is 16.7. The summed E-state index contributed by atoms with van der Waals surface area (Å²) < 4.78 is 7.86. The van der Waals surface area contributed by atoms with Gasteiger partial charge in [0.2, 0.25) is 0 Å². The number of nitrogens with zero attached hydrogens (tertiary/aromatic N) is 3. The summed E-state index contributed by atoms with van der Waals surface area (Å²) >= 11 is 1.70. The van der Waals surface area contributed by atoms with Gasteiger partial charge in [0.15, 0.2) is 11.0 Å². The average Bonchev–Trinajstić information content (AvgIpc) is 3.11. The highest BCUT2D eigenvalue weighted by Gasteiger charge is 2.14. The molecule has 0 aliphatic rings. The molecule has 0 N–H and O–H groups in total. The summed E-state index contributed by atoms with van der Waals surface area (Å²) in [5, 5.41) is 9.77. The van der Waals surface area contributed by atoms with Gasteiger partial charge in [-0.2, -0.15) is 0 Å². The zero-order valence-electron chi connectivity index (χ0n) is 16.6. The highest BCUT2D eigenvalue weighted by atomic mass is 32.2. The molecule has 3 aromatic rings. The molecule has 1 aromatic heterocycles. The summed E-state index contributed by atoms with van der Waals surface area (Å²) in [4.78, 5) is 0. The van der Waals surface area contributed by atoms with Crippen LogP contribution in [-0.2, 0) is 12.3 Å². The van der Waals surface area contributed by atoms with Gasteiger partial charge in [0.25, 0.3) is 0 Å². The summed E-state index contributed by atoms with van der Waals surface area (Å²) in [5.74, 6) is 2.60. The van der Waals surface area contributed by atoms with Crippen LogP contribution in [0.5, 0.6) is 5.75 Å². The van der Waals surface area contributed by atoms with Gasteiger partial charge in [-0.05, 0) is 43.2 Å². The standard InChI is InChI=1S/C23H27N3OS/c1-4-6-16-27-21-13-11-20(12-14-21)22-24-25-23(26(22)15-5-2)28-17-19-9-7-18(3)8-10-19/h5,7-14H,2,4,6,15-17H2,1,3H3. The third-order valence-electron chi connectivity index (χ3n) is 4.40. The summed E-state index contributed by atoms with van der Waals surface area (Å²) in [5.41, 5.74) is 3.58. The molecule has 0 atom stereocenters. The number of aryl methyl sites for hydroxylation is 1. The number of allylic oxidation sites excluding steroid dienone is 1. The third-order valence-corrected chi connectivity index (χ3v) is 5.43. The summed E-state index contributed by atoms with van der Waals surface area (Å²) in [6.07, 6.45) is 4.08. The fourth-order valence-electron chi connectivity index (χ4n) is 2.77. The maximum Gasteiger partial charge on any atom is 0.192 e. The van der Waals surface area contributed by atoms with Gasteiger partial charge in [0, 0.05) is 17.9 Å². The Morgan fingerprint density at radius 1 is 1.07 bits per heavy atom. The van der Waals surface area contributed by atoms with Crippen LogP contribution in [0.15, 0.2) is 66.3 Å². The number of hydrogen-bond donors (Lipinski definition) is 0. The van der Waals surface area contributed by atoms with E-state index in [1.165, 1.54) is 11.1 Å². The lowest BCUT2D eigenvalue weighted by molar-refractivity contribution is 0.309. The van der Waals surface area contributed by atoms with Crippen molar-refractivity contribution in [1.29, 1.82) is 0 Å². The van der Waals surface area contributed by atoms with Crippen molar-refractivity contribution in [3.8, 4) is 17.1 Å². The van der Waals surface area contributed by atoms with Gasteiger partial charge in [0.05, 0.1) is 6.61 Å². The Bertz CT molecular complexity index is 885. The first-order valence-electron chi connectivity index (χ1n) is 9.67. The highest BCUT2D eigenvalue weighted by Crippen LogP contribution is 2.27. The Kier molecular flexibility index (Phi) is 7.31. The van der Waals surface area contributed by atoms with Crippen molar-refractivity contribution in [3.63, 3.8) is 0 Å². The van der Waals surface area contributed by atoms with Crippen LogP contribution in [0.25, 0.3) is 11.4 Å². The third kappa shape index (κ3) is 5.26. The van der Waals surface area contributed by atoms with Crippen LogP contribution in [0.3, 0.4) is 0 Å². The van der Waals surface area contributed by atoms with E-state index in [9.17, 15) is 0 Å². The normalized spacial score (nSPS) is 10.8. The van der Waals surface area contributed by atoms with Crippen molar-refractivity contribution in [3.05, 3.63) is 72.3 Å². The molecule has 0 unspecified atom stereocenters. The van der Waals surface area contributed by atoms with Gasteiger partial charge in [-0.1, -0.05) is 61.0 Å². The molecule has 4 nitrogen and oxygen atoms in total. The number of benzene rings is 2. The second-order valence-electron chi connectivity index (χ2n) is 6.71. The molecule has 0 aliphatic carbocycles. The van der Waals surface area contributed by atoms with Crippen LogP contribution in [0, 0.1) is 6.92 Å².